The summed E-state index contributed by atoms with van der Waals surface area (Å²) >= 11 is 2.79. The first-order valence-corrected chi connectivity index (χ1v) is 4.88. The predicted octanol–water partition coefficient (Wildman–Crippen LogP) is 3.57. The Balaban J connectivity index is 3.13. The zero-order valence-electron chi connectivity index (χ0n) is 7.75. The standard InChI is InChI=1S/C10H6BrF3O2/c11-8-3-1-6(2-4-9(15)16)5-7(8)10(12,13)14/h1-5H,(H,15,16)/b4-2-. The average molecular weight is 295 g/mol. The van der Waals surface area contributed by atoms with Gasteiger partial charge >= 0.3 is 12.1 Å². The van der Waals surface area contributed by atoms with E-state index in [1.165, 1.54) is 12.1 Å². The maximum Gasteiger partial charge on any atom is 0.417 e. The molecule has 1 rings (SSSR count). The number of alkyl halides is 3. The van der Waals surface area contributed by atoms with Gasteiger partial charge in [0.2, 0.25) is 0 Å². The van der Waals surface area contributed by atoms with Gasteiger partial charge in [-0.15, -0.1) is 0 Å². The van der Waals surface area contributed by atoms with Gasteiger partial charge in [-0.2, -0.15) is 13.2 Å². The number of halogens is 4. The molecule has 0 fully saturated rings. The van der Waals surface area contributed by atoms with Crippen molar-refractivity contribution in [3.05, 3.63) is 39.9 Å². The summed E-state index contributed by atoms with van der Waals surface area (Å²) in [6.45, 7) is 0. The van der Waals surface area contributed by atoms with Crippen molar-refractivity contribution in [1.82, 2.24) is 0 Å². The summed E-state index contributed by atoms with van der Waals surface area (Å²) in [7, 11) is 0. The Hall–Kier alpha value is -1.30. The minimum absolute atomic E-state index is 0.0764. The van der Waals surface area contributed by atoms with Crippen molar-refractivity contribution < 1.29 is 23.1 Å². The molecule has 0 bridgehead atoms. The highest BCUT2D eigenvalue weighted by Gasteiger charge is 2.32. The molecular formula is C10H6BrF3O2. The van der Waals surface area contributed by atoms with Gasteiger partial charge in [0.15, 0.2) is 0 Å². The normalized spacial score (nSPS) is 12.0. The number of carboxylic acid groups (broad SMARTS) is 1. The van der Waals surface area contributed by atoms with E-state index in [-0.39, 0.29) is 10.0 Å². The Morgan fingerprint density at radius 3 is 2.50 bits per heavy atom. The first-order valence-electron chi connectivity index (χ1n) is 4.08. The zero-order valence-corrected chi connectivity index (χ0v) is 9.34. The molecule has 0 amide bonds. The molecule has 1 aromatic rings. The second-order valence-electron chi connectivity index (χ2n) is 2.91. The molecule has 0 aliphatic heterocycles. The van der Waals surface area contributed by atoms with E-state index in [2.05, 4.69) is 15.9 Å². The lowest BCUT2D eigenvalue weighted by Crippen LogP contribution is -2.06. The summed E-state index contributed by atoms with van der Waals surface area (Å²) in [5, 5.41) is 8.34. The maximum atomic E-state index is 12.5. The number of hydrogen-bond donors (Lipinski definition) is 1. The molecule has 0 aliphatic carbocycles. The Morgan fingerprint density at radius 2 is 2.00 bits per heavy atom. The van der Waals surface area contributed by atoms with Gasteiger partial charge in [0, 0.05) is 10.5 Å². The second-order valence-corrected chi connectivity index (χ2v) is 3.76. The van der Waals surface area contributed by atoms with Gasteiger partial charge in [0.1, 0.15) is 0 Å². The molecule has 6 heteroatoms. The van der Waals surface area contributed by atoms with E-state index in [0.29, 0.717) is 0 Å². The molecule has 0 saturated carbocycles. The summed E-state index contributed by atoms with van der Waals surface area (Å²) in [5.74, 6) is -1.21. The smallest absolute Gasteiger partial charge is 0.417 e. The monoisotopic (exact) mass is 294 g/mol. The van der Waals surface area contributed by atoms with Crippen molar-refractivity contribution in [2.45, 2.75) is 6.18 Å². The van der Waals surface area contributed by atoms with Crippen LogP contribution in [-0.2, 0) is 11.0 Å². The van der Waals surface area contributed by atoms with Crippen LogP contribution in [0.2, 0.25) is 0 Å². The van der Waals surface area contributed by atoms with Crippen LogP contribution in [0.4, 0.5) is 13.2 Å². The lowest BCUT2D eigenvalue weighted by atomic mass is 10.1. The van der Waals surface area contributed by atoms with E-state index < -0.39 is 17.7 Å². The SMILES string of the molecule is O=C(O)/C=C\c1ccc(Br)c(C(F)(F)F)c1. The molecule has 0 aromatic heterocycles. The Kier molecular flexibility index (Phi) is 3.74. The first-order chi connectivity index (χ1) is 7.30. The highest BCUT2D eigenvalue weighted by molar-refractivity contribution is 9.10. The fraction of sp³-hybridized carbons (Fsp3) is 0.100. The van der Waals surface area contributed by atoms with Crippen LogP contribution in [0.15, 0.2) is 28.7 Å². The predicted molar refractivity (Wildman–Crippen MR) is 55.8 cm³/mol. The Morgan fingerprint density at radius 1 is 1.38 bits per heavy atom. The minimum Gasteiger partial charge on any atom is -0.478 e. The summed E-state index contributed by atoms with van der Waals surface area (Å²) in [5.41, 5.74) is -0.655. The fourth-order valence-electron chi connectivity index (χ4n) is 1.03. The lowest BCUT2D eigenvalue weighted by molar-refractivity contribution is -0.138. The molecular weight excluding hydrogens is 289 g/mol. The van der Waals surface area contributed by atoms with Crippen molar-refractivity contribution in [2.75, 3.05) is 0 Å². The second kappa shape index (κ2) is 4.69. The highest BCUT2D eigenvalue weighted by Crippen LogP contribution is 2.35. The van der Waals surface area contributed by atoms with Gasteiger partial charge in [0.05, 0.1) is 5.56 Å². The molecule has 0 heterocycles. The number of rotatable bonds is 2. The quantitative estimate of drug-likeness (QED) is 0.847. The van der Waals surface area contributed by atoms with Crippen molar-refractivity contribution >= 4 is 28.0 Å². The van der Waals surface area contributed by atoms with Crippen LogP contribution < -0.4 is 0 Å². The van der Waals surface area contributed by atoms with Gasteiger partial charge in [-0.25, -0.2) is 4.79 Å². The van der Waals surface area contributed by atoms with E-state index in [0.717, 1.165) is 18.2 Å². The lowest BCUT2D eigenvalue weighted by Gasteiger charge is -2.09. The van der Waals surface area contributed by atoms with E-state index in [9.17, 15) is 18.0 Å². The molecule has 1 N–H and O–H groups in total. The van der Waals surface area contributed by atoms with Crippen molar-refractivity contribution in [3.63, 3.8) is 0 Å². The number of carbonyl (C=O) groups is 1. The van der Waals surface area contributed by atoms with Gasteiger partial charge in [-0.05, 0) is 23.8 Å². The van der Waals surface area contributed by atoms with E-state index in [1.807, 2.05) is 0 Å². The van der Waals surface area contributed by atoms with Crippen LogP contribution in [0.25, 0.3) is 6.08 Å². The number of carboxylic acids is 1. The summed E-state index contributed by atoms with van der Waals surface area (Å²) in [6.07, 6.45) is -2.58. The van der Waals surface area contributed by atoms with Crippen LogP contribution in [-0.4, -0.2) is 11.1 Å². The van der Waals surface area contributed by atoms with Crippen LogP contribution >= 0.6 is 15.9 Å². The highest BCUT2D eigenvalue weighted by atomic mass is 79.9. The maximum absolute atomic E-state index is 12.5. The van der Waals surface area contributed by atoms with E-state index in [4.69, 9.17) is 5.11 Å². The van der Waals surface area contributed by atoms with Crippen molar-refractivity contribution in [2.24, 2.45) is 0 Å². The molecule has 0 unspecified atom stereocenters. The molecule has 0 aliphatic rings. The van der Waals surface area contributed by atoms with Crippen LogP contribution in [0.1, 0.15) is 11.1 Å². The third-order valence-electron chi connectivity index (χ3n) is 1.71. The molecule has 0 saturated heterocycles. The van der Waals surface area contributed by atoms with Crippen LogP contribution in [0.5, 0.6) is 0 Å². The topological polar surface area (TPSA) is 37.3 Å². The summed E-state index contributed by atoms with van der Waals surface area (Å²) < 4.78 is 37.3. The van der Waals surface area contributed by atoms with Crippen molar-refractivity contribution in [3.8, 4) is 0 Å². The summed E-state index contributed by atoms with van der Waals surface area (Å²) in [6, 6.07) is 3.49. The molecule has 0 radical (unpaired) electrons. The largest absolute Gasteiger partial charge is 0.478 e. The fourth-order valence-corrected chi connectivity index (χ4v) is 1.50. The Labute approximate surface area is 97.5 Å². The molecule has 0 atom stereocenters. The number of hydrogen-bond acceptors (Lipinski definition) is 1. The molecule has 1 aromatic carbocycles. The molecule has 0 spiro atoms. The van der Waals surface area contributed by atoms with Gasteiger partial charge in [-0.3, -0.25) is 0 Å². The van der Waals surface area contributed by atoms with E-state index in [1.54, 1.807) is 0 Å². The van der Waals surface area contributed by atoms with Gasteiger partial charge < -0.3 is 5.11 Å². The number of aliphatic carboxylic acids is 1. The average Bonchev–Trinajstić information content (AvgIpc) is 2.14. The summed E-state index contributed by atoms with van der Waals surface area (Å²) in [4.78, 5) is 10.2. The molecule has 2 nitrogen and oxygen atoms in total. The van der Waals surface area contributed by atoms with Crippen molar-refractivity contribution in [1.29, 1.82) is 0 Å². The van der Waals surface area contributed by atoms with Crippen LogP contribution in [0, 0.1) is 0 Å². The Bertz CT molecular complexity index is 438. The van der Waals surface area contributed by atoms with Gasteiger partial charge in [-0.1, -0.05) is 22.0 Å². The zero-order chi connectivity index (χ0) is 12.3. The minimum atomic E-state index is -4.47. The molecule has 16 heavy (non-hydrogen) atoms. The third kappa shape index (κ3) is 3.37. The number of benzene rings is 1. The molecule has 86 valence electrons. The van der Waals surface area contributed by atoms with Crippen LogP contribution in [0.3, 0.4) is 0 Å². The first kappa shape index (κ1) is 12.8. The van der Waals surface area contributed by atoms with E-state index >= 15 is 0 Å². The third-order valence-corrected chi connectivity index (χ3v) is 2.41. The van der Waals surface area contributed by atoms with Gasteiger partial charge in [0.25, 0.3) is 0 Å².